The first kappa shape index (κ1) is 29.5. The second-order valence-electron chi connectivity index (χ2n) is 16.1. The van der Waals surface area contributed by atoms with Crippen LogP contribution in [0.1, 0.15) is 74.9 Å². The number of benzene rings is 7. The SMILES string of the molecule is CC1(C)c2ccccc2-c2ccc(N(c3cccc4c3-c3ccccc3C4(C)C)c3cc4ccccc4c4c3-c3ccccc3C4(C)C)cc21. The second-order valence-corrected chi connectivity index (χ2v) is 16.1. The van der Waals surface area contributed by atoms with Gasteiger partial charge in [0.1, 0.15) is 0 Å². The Morgan fingerprint density at radius 1 is 0.380 bits per heavy atom. The first-order chi connectivity index (χ1) is 24.1. The lowest BCUT2D eigenvalue weighted by Crippen LogP contribution is -2.19. The van der Waals surface area contributed by atoms with Gasteiger partial charge in [0.2, 0.25) is 0 Å². The van der Waals surface area contributed by atoms with E-state index in [1.165, 1.54) is 94.6 Å². The quantitative estimate of drug-likeness (QED) is 0.185. The van der Waals surface area contributed by atoms with Crippen LogP contribution in [0.3, 0.4) is 0 Å². The third-order valence-electron chi connectivity index (χ3n) is 12.4. The topological polar surface area (TPSA) is 3.24 Å². The molecule has 242 valence electrons. The molecule has 0 aliphatic heterocycles. The lowest BCUT2D eigenvalue weighted by molar-refractivity contribution is 0.660. The number of hydrogen-bond donors (Lipinski definition) is 0. The molecule has 0 radical (unpaired) electrons. The van der Waals surface area contributed by atoms with Crippen molar-refractivity contribution < 1.29 is 0 Å². The molecular formula is C49H41N. The van der Waals surface area contributed by atoms with Crippen LogP contribution in [0.15, 0.2) is 140 Å². The third kappa shape index (κ3) is 3.68. The molecule has 0 saturated heterocycles. The maximum atomic E-state index is 2.61. The fourth-order valence-corrected chi connectivity index (χ4v) is 9.97. The molecule has 0 heterocycles. The Morgan fingerprint density at radius 2 is 0.920 bits per heavy atom. The van der Waals surface area contributed by atoms with Crippen LogP contribution in [0.4, 0.5) is 17.1 Å². The number of hydrogen-bond acceptors (Lipinski definition) is 1. The molecule has 1 heteroatoms. The molecule has 0 unspecified atom stereocenters. The van der Waals surface area contributed by atoms with Crippen LogP contribution in [-0.2, 0) is 16.2 Å². The Hall–Kier alpha value is -5.40. The van der Waals surface area contributed by atoms with Gasteiger partial charge in [0.05, 0.1) is 11.4 Å². The van der Waals surface area contributed by atoms with E-state index in [-0.39, 0.29) is 16.2 Å². The zero-order valence-corrected chi connectivity index (χ0v) is 29.7. The first-order valence-corrected chi connectivity index (χ1v) is 18.0. The normalized spacial score (nSPS) is 16.3. The molecule has 1 nitrogen and oxygen atoms in total. The number of anilines is 3. The molecule has 0 N–H and O–H groups in total. The van der Waals surface area contributed by atoms with E-state index in [4.69, 9.17) is 0 Å². The average molecular weight is 644 g/mol. The van der Waals surface area contributed by atoms with Gasteiger partial charge in [-0.25, -0.2) is 0 Å². The van der Waals surface area contributed by atoms with Crippen molar-refractivity contribution in [2.45, 2.75) is 57.8 Å². The lowest BCUT2D eigenvalue weighted by Gasteiger charge is -2.33. The van der Waals surface area contributed by atoms with E-state index in [0.717, 1.165) is 0 Å². The second kappa shape index (κ2) is 9.86. The maximum Gasteiger partial charge on any atom is 0.0549 e. The molecular weight excluding hydrogens is 603 g/mol. The summed E-state index contributed by atoms with van der Waals surface area (Å²) in [6, 6.07) is 52.8. The van der Waals surface area contributed by atoms with Gasteiger partial charge in [0, 0.05) is 33.1 Å². The highest BCUT2D eigenvalue weighted by atomic mass is 15.1. The minimum absolute atomic E-state index is 0.102. The average Bonchev–Trinajstić information content (AvgIpc) is 3.62. The summed E-state index contributed by atoms with van der Waals surface area (Å²) in [7, 11) is 0. The van der Waals surface area contributed by atoms with Gasteiger partial charge in [0.25, 0.3) is 0 Å². The molecule has 3 aliphatic rings. The highest BCUT2D eigenvalue weighted by molar-refractivity contribution is 6.07. The molecule has 0 saturated carbocycles. The molecule has 3 aliphatic carbocycles. The Bertz CT molecular complexity index is 2580. The predicted octanol–water partition coefficient (Wildman–Crippen LogP) is 13.2. The number of rotatable bonds is 3. The van der Waals surface area contributed by atoms with Crippen molar-refractivity contribution in [3.05, 3.63) is 173 Å². The van der Waals surface area contributed by atoms with E-state index >= 15 is 0 Å². The third-order valence-corrected chi connectivity index (χ3v) is 12.4. The fraction of sp³-hybridized carbons (Fsp3) is 0.184. The molecule has 0 spiro atoms. The summed E-state index contributed by atoms with van der Waals surface area (Å²) >= 11 is 0. The monoisotopic (exact) mass is 643 g/mol. The molecule has 0 bridgehead atoms. The number of nitrogens with zero attached hydrogens (tertiary/aromatic N) is 1. The van der Waals surface area contributed by atoms with Crippen molar-refractivity contribution >= 4 is 27.8 Å². The molecule has 0 amide bonds. The van der Waals surface area contributed by atoms with E-state index in [1.54, 1.807) is 0 Å². The van der Waals surface area contributed by atoms with Gasteiger partial charge in [-0.05, 0) is 90.7 Å². The summed E-state index contributed by atoms with van der Waals surface area (Å²) in [6.07, 6.45) is 0. The van der Waals surface area contributed by atoms with Crippen LogP contribution in [0.2, 0.25) is 0 Å². The van der Waals surface area contributed by atoms with Crippen molar-refractivity contribution in [2.24, 2.45) is 0 Å². The number of fused-ring (bicyclic) bond motifs is 11. The largest absolute Gasteiger partial charge is 0.309 e. The summed E-state index contributed by atoms with van der Waals surface area (Å²) in [5.41, 5.74) is 19.7. The molecule has 10 rings (SSSR count). The molecule has 0 aromatic heterocycles. The van der Waals surface area contributed by atoms with Crippen LogP contribution in [0, 0.1) is 0 Å². The van der Waals surface area contributed by atoms with Crippen molar-refractivity contribution in [3.63, 3.8) is 0 Å². The van der Waals surface area contributed by atoms with Crippen LogP contribution >= 0.6 is 0 Å². The van der Waals surface area contributed by atoms with E-state index in [9.17, 15) is 0 Å². The smallest absolute Gasteiger partial charge is 0.0549 e. The molecule has 0 atom stereocenters. The van der Waals surface area contributed by atoms with E-state index < -0.39 is 0 Å². The minimum Gasteiger partial charge on any atom is -0.309 e. The van der Waals surface area contributed by atoms with Crippen LogP contribution in [0.25, 0.3) is 44.2 Å². The Balaban J connectivity index is 1.34. The summed E-state index contributed by atoms with van der Waals surface area (Å²) in [5, 5.41) is 2.61. The van der Waals surface area contributed by atoms with Gasteiger partial charge >= 0.3 is 0 Å². The Labute approximate surface area is 295 Å². The molecule has 50 heavy (non-hydrogen) atoms. The van der Waals surface area contributed by atoms with Crippen molar-refractivity contribution in [1.29, 1.82) is 0 Å². The summed E-state index contributed by atoms with van der Waals surface area (Å²) in [6.45, 7) is 14.4. The van der Waals surface area contributed by atoms with E-state index in [0.29, 0.717) is 0 Å². The van der Waals surface area contributed by atoms with Crippen molar-refractivity contribution in [3.8, 4) is 33.4 Å². The lowest BCUT2D eigenvalue weighted by atomic mass is 9.80. The fourth-order valence-electron chi connectivity index (χ4n) is 9.97. The highest BCUT2D eigenvalue weighted by Gasteiger charge is 2.42. The van der Waals surface area contributed by atoms with Gasteiger partial charge in [-0.2, -0.15) is 0 Å². The van der Waals surface area contributed by atoms with Gasteiger partial charge < -0.3 is 4.90 Å². The highest BCUT2D eigenvalue weighted by Crippen LogP contribution is 2.60. The van der Waals surface area contributed by atoms with Crippen molar-refractivity contribution in [1.82, 2.24) is 0 Å². The van der Waals surface area contributed by atoms with Gasteiger partial charge in [0.15, 0.2) is 0 Å². The van der Waals surface area contributed by atoms with Gasteiger partial charge in [-0.15, -0.1) is 0 Å². The van der Waals surface area contributed by atoms with Gasteiger partial charge in [-0.3, -0.25) is 0 Å². The molecule has 7 aromatic carbocycles. The standard InChI is InChI=1S/C49H41N/c1-47(2)38-22-13-10-19-35(38)44-40(47)24-15-25-42(44)50(31-26-27-34-33-18-9-12-21-37(33)48(3,4)41(34)29-31)43-28-30-16-7-8-17-32(30)46-45(43)36-20-11-14-23-39(36)49(46,5)6/h7-29H,1-6H3. The van der Waals surface area contributed by atoms with Crippen LogP contribution in [-0.4, -0.2) is 0 Å². The van der Waals surface area contributed by atoms with E-state index in [2.05, 4.69) is 186 Å². The van der Waals surface area contributed by atoms with Gasteiger partial charge in [-0.1, -0.05) is 157 Å². The summed E-state index contributed by atoms with van der Waals surface area (Å²) < 4.78 is 0. The first-order valence-electron chi connectivity index (χ1n) is 18.0. The van der Waals surface area contributed by atoms with Crippen molar-refractivity contribution in [2.75, 3.05) is 4.90 Å². The zero-order chi connectivity index (χ0) is 34.2. The Kier molecular flexibility index (Phi) is 5.82. The van der Waals surface area contributed by atoms with Crippen LogP contribution in [0.5, 0.6) is 0 Å². The predicted molar refractivity (Wildman–Crippen MR) is 211 cm³/mol. The van der Waals surface area contributed by atoms with Crippen LogP contribution < -0.4 is 4.90 Å². The van der Waals surface area contributed by atoms with E-state index in [1.807, 2.05) is 0 Å². The molecule has 0 fully saturated rings. The minimum atomic E-state index is -0.151. The summed E-state index contributed by atoms with van der Waals surface area (Å²) in [5.74, 6) is 0. The maximum absolute atomic E-state index is 2.61. The summed E-state index contributed by atoms with van der Waals surface area (Å²) in [4.78, 5) is 2.61. The Morgan fingerprint density at radius 3 is 1.66 bits per heavy atom. The zero-order valence-electron chi connectivity index (χ0n) is 29.7. The molecule has 7 aromatic rings.